The normalized spacial score (nSPS) is 18.9. The van der Waals surface area contributed by atoms with Crippen molar-refractivity contribution in [3.63, 3.8) is 0 Å². The number of nitrogens with one attached hydrogen (secondary N) is 1. The van der Waals surface area contributed by atoms with Gasteiger partial charge in [-0.15, -0.1) is 0 Å². The highest BCUT2D eigenvalue weighted by Gasteiger charge is 2.54. The molecule has 1 fully saturated rings. The highest BCUT2D eigenvalue weighted by Crippen LogP contribution is 2.36. The summed E-state index contributed by atoms with van der Waals surface area (Å²) in [5.74, 6) is -0.133. The van der Waals surface area contributed by atoms with Gasteiger partial charge in [-0.3, -0.25) is 9.69 Å². The number of benzene rings is 2. The number of likely N-dealkylation sites (tertiary alicyclic amines) is 1. The Morgan fingerprint density at radius 1 is 1.00 bits per heavy atom. The molecule has 0 spiro atoms. The standard InChI is InChI=1S/C23H28N2O3/c1-22(2,3)24-20(26)23(16-18-10-6-4-7-11-18)14-15-25(23)21(27)28-17-19-12-8-5-9-13-19/h4-13H,14-17H2,1-3H3,(H,24,26). The fourth-order valence-electron chi connectivity index (χ4n) is 3.45. The molecular formula is C23H28N2O3. The van der Waals surface area contributed by atoms with Crippen molar-refractivity contribution in [2.75, 3.05) is 6.54 Å². The number of ether oxygens (including phenoxy) is 1. The van der Waals surface area contributed by atoms with Crippen LogP contribution < -0.4 is 5.32 Å². The van der Waals surface area contributed by atoms with Gasteiger partial charge in [0.2, 0.25) is 5.91 Å². The van der Waals surface area contributed by atoms with Crippen LogP contribution in [0.1, 0.15) is 38.3 Å². The van der Waals surface area contributed by atoms with Crippen LogP contribution in [0.25, 0.3) is 0 Å². The number of amides is 2. The van der Waals surface area contributed by atoms with Crippen LogP contribution in [0.15, 0.2) is 60.7 Å². The largest absolute Gasteiger partial charge is 0.445 e. The lowest BCUT2D eigenvalue weighted by atomic mass is 9.78. The molecule has 0 saturated carbocycles. The third kappa shape index (κ3) is 4.53. The molecule has 1 unspecified atom stereocenters. The maximum absolute atomic E-state index is 13.2. The molecule has 5 heteroatoms. The van der Waals surface area contributed by atoms with Gasteiger partial charge in [-0.2, -0.15) is 0 Å². The average Bonchev–Trinajstić information content (AvgIpc) is 2.63. The van der Waals surface area contributed by atoms with Gasteiger partial charge in [0.05, 0.1) is 0 Å². The Hall–Kier alpha value is -2.82. The molecule has 2 amide bonds. The topological polar surface area (TPSA) is 58.6 Å². The maximum atomic E-state index is 13.2. The molecule has 0 aromatic heterocycles. The maximum Gasteiger partial charge on any atom is 0.411 e. The van der Waals surface area contributed by atoms with E-state index in [4.69, 9.17) is 4.74 Å². The lowest BCUT2D eigenvalue weighted by Gasteiger charge is -2.51. The molecular weight excluding hydrogens is 352 g/mol. The predicted octanol–water partition coefficient (Wildman–Crippen LogP) is 3.93. The first-order valence-electron chi connectivity index (χ1n) is 9.65. The summed E-state index contributed by atoms with van der Waals surface area (Å²) in [6.07, 6.45) is 0.635. The smallest absolute Gasteiger partial charge is 0.411 e. The number of carbonyl (C=O) groups excluding carboxylic acids is 2. The number of carbonyl (C=O) groups is 2. The van der Waals surface area contributed by atoms with E-state index in [9.17, 15) is 9.59 Å². The summed E-state index contributed by atoms with van der Waals surface area (Å²) < 4.78 is 5.51. The van der Waals surface area contributed by atoms with Crippen molar-refractivity contribution in [1.82, 2.24) is 10.2 Å². The summed E-state index contributed by atoms with van der Waals surface area (Å²) in [5.41, 5.74) is 0.648. The van der Waals surface area contributed by atoms with E-state index in [1.165, 1.54) is 0 Å². The summed E-state index contributed by atoms with van der Waals surface area (Å²) in [7, 11) is 0. The van der Waals surface area contributed by atoms with Crippen molar-refractivity contribution < 1.29 is 14.3 Å². The minimum absolute atomic E-state index is 0.133. The summed E-state index contributed by atoms with van der Waals surface area (Å²) in [5, 5.41) is 3.05. The van der Waals surface area contributed by atoms with Gasteiger partial charge in [-0.25, -0.2) is 4.79 Å². The lowest BCUT2D eigenvalue weighted by Crippen LogP contribution is -2.71. The zero-order valence-electron chi connectivity index (χ0n) is 16.8. The molecule has 1 heterocycles. The summed E-state index contributed by atoms with van der Waals surface area (Å²) >= 11 is 0. The van der Waals surface area contributed by atoms with Gasteiger partial charge in [0.15, 0.2) is 0 Å². The molecule has 3 rings (SSSR count). The molecule has 1 saturated heterocycles. The molecule has 0 radical (unpaired) electrons. The van der Waals surface area contributed by atoms with E-state index >= 15 is 0 Å². The first kappa shape index (κ1) is 19.9. The Morgan fingerprint density at radius 3 is 2.07 bits per heavy atom. The minimum Gasteiger partial charge on any atom is -0.445 e. The Kier molecular flexibility index (Phi) is 5.73. The molecule has 1 atom stereocenters. The number of nitrogens with zero attached hydrogens (tertiary/aromatic N) is 1. The van der Waals surface area contributed by atoms with Gasteiger partial charge in [-0.1, -0.05) is 60.7 Å². The molecule has 148 valence electrons. The molecule has 0 aliphatic carbocycles. The van der Waals surface area contributed by atoms with E-state index in [2.05, 4.69) is 5.32 Å². The van der Waals surface area contributed by atoms with Crippen LogP contribution in [-0.2, 0) is 22.6 Å². The predicted molar refractivity (Wildman–Crippen MR) is 109 cm³/mol. The molecule has 1 aliphatic heterocycles. The van der Waals surface area contributed by atoms with Crippen LogP contribution in [-0.4, -0.2) is 34.5 Å². The molecule has 1 N–H and O–H groups in total. The van der Waals surface area contributed by atoms with E-state index in [0.29, 0.717) is 19.4 Å². The van der Waals surface area contributed by atoms with Gasteiger partial charge in [0, 0.05) is 18.5 Å². The Balaban J connectivity index is 1.78. The molecule has 0 bridgehead atoms. The number of hydrogen-bond acceptors (Lipinski definition) is 3. The van der Waals surface area contributed by atoms with Crippen molar-refractivity contribution in [3.8, 4) is 0 Å². The third-order valence-electron chi connectivity index (χ3n) is 4.94. The summed E-state index contributed by atoms with van der Waals surface area (Å²) in [6, 6.07) is 19.4. The molecule has 2 aromatic rings. The Labute approximate surface area is 166 Å². The van der Waals surface area contributed by atoms with Crippen LogP contribution in [0.4, 0.5) is 4.79 Å². The highest BCUT2D eigenvalue weighted by atomic mass is 16.6. The SMILES string of the molecule is CC(C)(C)NC(=O)C1(Cc2ccccc2)CCN1C(=O)OCc1ccccc1. The summed E-state index contributed by atoms with van der Waals surface area (Å²) in [6.45, 7) is 6.53. The Morgan fingerprint density at radius 2 is 1.57 bits per heavy atom. The molecule has 1 aliphatic rings. The molecule has 2 aromatic carbocycles. The van der Waals surface area contributed by atoms with Gasteiger partial charge in [-0.05, 0) is 38.3 Å². The fraction of sp³-hybridized carbons (Fsp3) is 0.391. The van der Waals surface area contributed by atoms with Crippen molar-refractivity contribution in [2.45, 2.75) is 51.3 Å². The molecule has 5 nitrogen and oxygen atoms in total. The summed E-state index contributed by atoms with van der Waals surface area (Å²) in [4.78, 5) is 27.6. The minimum atomic E-state index is -0.914. The van der Waals surface area contributed by atoms with Crippen molar-refractivity contribution in [1.29, 1.82) is 0 Å². The van der Waals surface area contributed by atoms with Crippen LogP contribution in [0, 0.1) is 0 Å². The lowest BCUT2D eigenvalue weighted by molar-refractivity contribution is -0.142. The highest BCUT2D eigenvalue weighted by molar-refractivity contribution is 5.92. The zero-order valence-corrected chi connectivity index (χ0v) is 16.8. The van der Waals surface area contributed by atoms with Gasteiger partial charge in [0.25, 0.3) is 0 Å². The monoisotopic (exact) mass is 380 g/mol. The van der Waals surface area contributed by atoms with Crippen LogP contribution in [0.5, 0.6) is 0 Å². The van der Waals surface area contributed by atoms with E-state index in [1.807, 2.05) is 81.4 Å². The second kappa shape index (κ2) is 8.05. The van der Waals surface area contributed by atoms with Crippen molar-refractivity contribution in [2.24, 2.45) is 0 Å². The van der Waals surface area contributed by atoms with Crippen LogP contribution in [0.3, 0.4) is 0 Å². The van der Waals surface area contributed by atoms with Crippen molar-refractivity contribution in [3.05, 3.63) is 71.8 Å². The van der Waals surface area contributed by atoms with Crippen LogP contribution >= 0.6 is 0 Å². The third-order valence-corrected chi connectivity index (χ3v) is 4.94. The fourth-order valence-corrected chi connectivity index (χ4v) is 3.45. The zero-order chi connectivity index (χ0) is 20.2. The second-order valence-corrected chi connectivity index (χ2v) is 8.34. The quantitative estimate of drug-likeness (QED) is 0.855. The van der Waals surface area contributed by atoms with E-state index < -0.39 is 11.6 Å². The average molecular weight is 380 g/mol. The van der Waals surface area contributed by atoms with Gasteiger partial charge >= 0.3 is 6.09 Å². The van der Waals surface area contributed by atoms with E-state index in [0.717, 1.165) is 11.1 Å². The first-order chi connectivity index (χ1) is 13.3. The van der Waals surface area contributed by atoms with E-state index in [1.54, 1.807) is 4.90 Å². The first-order valence-corrected chi connectivity index (χ1v) is 9.65. The van der Waals surface area contributed by atoms with Gasteiger partial charge < -0.3 is 10.1 Å². The number of hydrogen-bond donors (Lipinski definition) is 1. The molecule has 28 heavy (non-hydrogen) atoms. The van der Waals surface area contributed by atoms with Crippen LogP contribution in [0.2, 0.25) is 0 Å². The second-order valence-electron chi connectivity index (χ2n) is 8.34. The Bertz CT molecular complexity index is 815. The van der Waals surface area contributed by atoms with Crippen molar-refractivity contribution >= 4 is 12.0 Å². The van der Waals surface area contributed by atoms with E-state index in [-0.39, 0.29) is 18.1 Å². The van der Waals surface area contributed by atoms with Gasteiger partial charge in [0.1, 0.15) is 12.1 Å². The number of rotatable bonds is 5.